The topological polar surface area (TPSA) is 86.9 Å². The Labute approximate surface area is 114 Å². The number of nitrogens with zero attached hydrogens (tertiary/aromatic N) is 1. The molecule has 0 saturated heterocycles. The SMILES string of the molecule is CCCNC1CCC(NS(=O)(=O)c2cn[nH]c2)CC1. The van der Waals surface area contributed by atoms with E-state index in [1.807, 2.05) is 0 Å². The Balaban J connectivity index is 1.83. The van der Waals surface area contributed by atoms with E-state index in [0.717, 1.165) is 38.6 Å². The zero-order chi connectivity index (χ0) is 13.7. The number of H-pyrrole nitrogens is 1. The minimum Gasteiger partial charge on any atom is -0.314 e. The van der Waals surface area contributed by atoms with Crippen LogP contribution in [0.1, 0.15) is 39.0 Å². The minimum absolute atomic E-state index is 0.0413. The van der Waals surface area contributed by atoms with Gasteiger partial charge in [0.15, 0.2) is 0 Å². The first-order chi connectivity index (χ1) is 9.12. The van der Waals surface area contributed by atoms with E-state index in [-0.39, 0.29) is 10.9 Å². The van der Waals surface area contributed by atoms with E-state index in [0.29, 0.717) is 6.04 Å². The van der Waals surface area contributed by atoms with E-state index >= 15 is 0 Å². The van der Waals surface area contributed by atoms with Gasteiger partial charge in [-0.1, -0.05) is 6.92 Å². The molecule has 7 heteroatoms. The second-order valence-electron chi connectivity index (χ2n) is 5.06. The van der Waals surface area contributed by atoms with Crippen LogP contribution in [0.25, 0.3) is 0 Å². The van der Waals surface area contributed by atoms with Crippen LogP contribution in [0.3, 0.4) is 0 Å². The molecule has 0 bridgehead atoms. The smallest absolute Gasteiger partial charge is 0.243 e. The molecule has 1 aromatic rings. The molecule has 3 N–H and O–H groups in total. The van der Waals surface area contributed by atoms with Crippen molar-refractivity contribution in [2.24, 2.45) is 0 Å². The van der Waals surface area contributed by atoms with Gasteiger partial charge in [0.25, 0.3) is 0 Å². The summed E-state index contributed by atoms with van der Waals surface area (Å²) in [5.74, 6) is 0. The molecule has 6 nitrogen and oxygen atoms in total. The Bertz CT molecular complexity index is 464. The predicted octanol–water partition coefficient (Wildman–Crippen LogP) is 0.999. The van der Waals surface area contributed by atoms with Crippen LogP contribution in [0.2, 0.25) is 0 Å². The second-order valence-corrected chi connectivity index (χ2v) is 6.77. The Kier molecular flexibility index (Phi) is 4.95. The highest BCUT2D eigenvalue weighted by atomic mass is 32.2. The minimum atomic E-state index is -3.42. The van der Waals surface area contributed by atoms with Gasteiger partial charge in [0.1, 0.15) is 4.90 Å². The fourth-order valence-corrected chi connectivity index (χ4v) is 3.65. The van der Waals surface area contributed by atoms with Crippen LogP contribution in [0.5, 0.6) is 0 Å². The van der Waals surface area contributed by atoms with E-state index in [2.05, 4.69) is 27.2 Å². The van der Waals surface area contributed by atoms with Gasteiger partial charge < -0.3 is 5.32 Å². The van der Waals surface area contributed by atoms with Gasteiger partial charge in [-0.15, -0.1) is 0 Å². The van der Waals surface area contributed by atoms with Gasteiger partial charge in [-0.3, -0.25) is 5.10 Å². The third-order valence-electron chi connectivity index (χ3n) is 3.52. The summed E-state index contributed by atoms with van der Waals surface area (Å²) in [5, 5.41) is 9.69. The lowest BCUT2D eigenvalue weighted by Gasteiger charge is -2.29. The number of aromatic amines is 1. The first-order valence-corrected chi connectivity index (χ1v) is 8.34. The van der Waals surface area contributed by atoms with E-state index in [1.165, 1.54) is 12.4 Å². The maximum absolute atomic E-state index is 12.0. The van der Waals surface area contributed by atoms with Crippen LogP contribution >= 0.6 is 0 Å². The third-order valence-corrected chi connectivity index (χ3v) is 5.00. The van der Waals surface area contributed by atoms with Crippen molar-refractivity contribution in [1.29, 1.82) is 0 Å². The normalized spacial score (nSPS) is 24.5. The molecule has 2 rings (SSSR count). The molecule has 1 aromatic heterocycles. The van der Waals surface area contributed by atoms with Crippen LogP contribution < -0.4 is 10.0 Å². The fourth-order valence-electron chi connectivity index (χ4n) is 2.44. The largest absolute Gasteiger partial charge is 0.314 e. The van der Waals surface area contributed by atoms with Gasteiger partial charge in [-0.05, 0) is 38.6 Å². The predicted molar refractivity (Wildman–Crippen MR) is 73.2 cm³/mol. The number of nitrogens with one attached hydrogen (secondary N) is 3. The van der Waals surface area contributed by atoms with Crippen molar-refractivity contribution < 1.29 is 8.42 Å². The maximum atomic E-state index is 12.0. The van der Waals surface area contributed by atoms with Crippen molar-refractivity contribution in [3.8, 4) is 0 Å². The molecular formula is C12H22N4O2S. The zero-order valence-corrected chi connectivity index (χ0v) is 12.0. The quantitative estimate of drug-likeness (QED) is 0.728. The molecule has 1 heterocycles. The highest BCUT2D eigenvalue weighted by molar-refractivity contribution is 7.89. The summed E-state index contributed by atoms with van der Waals surface area (Å²) < 4.78 is 26.8. The van der Waals surface area contributed by atoms with Gasteiger partial charge in [0, 0.05) is 18.3 Å². The molecule has 0 atom stereocenters. The number of rotatable bonds is 6. The van der Waals surface area contributed by atoms with Crippen molar-refractivity contribution >= 4 is 10.0 Å². The van der Waals surface area contributed by atoms with Crippen molar-refractivity contribution in [2.45, 2.75) is 56.0 Å². The molecule has 0 spiro atoms. The number of aromatic nitrogens is 2. The van der Waals surface area contributed by atoms with Gasteiger partial charge >= 0.3 is 0 Å². The number of hydrogen-bond donors (Lipinski definition) is 3. The highest BCUT2D eigenvalue weighted by Crippen LogP contribution is 2.20. The Morgan fingerprint density at radius 1 is 1.32 bits per heavy atom. The Hall–Kier alpha value is -0.920. The fraction of sp³-hybridized carbons (Fsp3) is 0.750. The summed E-state index contributed by atoms with van der Waals surface area (Å²) in [7, 11) is -3.42. The van der Waals surface area contributed by atoms with E-state index in [4.69, 9.17) is 0 Å². The van der Waals surface area contributed by atoms with Crippen LogP contribution in [0.15, 0.2) is 17.3 Å². The number of hydrogen-bond acceptors (Lipinski definition) is 4. The summed E-state index contributed by atoms with van der Waals surface area (Å²) >= 11 is 0. The molecule has 1 aliphatic rings. The second kappa shape index (κ2) is 6.49. The molecule has 108 valence electrons. The summed E-state index contributed by atoms with van der Waals surface area (Å²) in [5.41, 5.74) is 0. The average molecular weight is 286 g/mol. The van der Waals surface area contributed by atoms with Crippen molar-refractivity contribution in [3.63, 3.8) is 0 Å². The lowest BCUT2D eigenvalue weighted by molar-refractivity contribution is 0.330. The van der Waals surface area contributed by atoms with Crippen molar-refractivity contribution in [2.75, 3.05) is 6.54 Å². The Morgan fingerprint density at radius 3 is 2.58 bits per heavy atom. The zero-order valence-electron chi connectivity index (χ0n) is 11.2. The molecule has 0 radical (unpaired) electrons. The summed E-state index contributed by atoms with van der Waals surface area (Å²) in [6.45, 7) is 3.19. The third kappa shape index (κ3) is 4.02. The van der Waals surface area contributed by atoms with Gasteiger partial charge in [-0.25, -0.2) is 13.1 Å². The van der Waals surface area contributed by atoms with Crippen LogP contribution in [0, 0.1) is 0 Å². The molecule has 0 aliphatic heterocycles. The molecule has 1 saturated carbocycles. The molecule has 1 aliphatic carbocycles. The lowest BCUT2D eigenvalue weighted by atomic mass is 9.92. The molecule has 0 aromatic carbocycles. The average Bonchev–Trinajstić information content (AvgIpc) is 2.92. The van der Waals surface area contributed by atoms with E-state index in [9.17, 15) is 8.42 Å². The summed E-state index contributed by atoms with van der Waals surface area (Å²) in [6, 6.07) is 0.578. The monoisotopic (exact) mass is 286 g/mol. The molecule has 0 unspecified atom stereocenters. The highest BCUT2D eigenvalue weighted by Gasteiger charge is 2.25. The van der Waals surface area contributed by atoms with Crippen LogP contribution in [0.4, 0.5) is 0 Å². The lowest BCUT2D eigenvalue weighted by Crippen LogP contribution is -2.42. The standard InChI is InChI=1S/C12H22N4O2S/c1-2-7-13-10-3-5-11(6-4-10)16-19(17,18)12-8-14-15-9-12/h8-11,13,16H,2-7H2,1H3,(H,14,15). The van der Waals surface area contributed by atoms with Crippen LogP contribution in [-0.4, -0.2) is 37.2 Å². The molecular weight excluding hydrogens is 264 g/mol. The molecule has 1 fully saturated rings. The first-order valence-electron chi connectivity index (χ1n) is 6.86. The van der Waals surface area contributed by atoms with Crippen molar-refractivity contribution in [1.82, 2.24) is 20.2 Å². The van der Waals surface area contributed by atoms with Gasteiger partial charge in [0.05, 0.1) is 6.20 Å². The van der Waals surface area contributed by atoms with Crippen molar-refractivity contribution in [3.05, 3.63) is 12.4 Å². The first kappa shape index (κ1) is 14.5. The summed E-state index contributed by atoms with van der Waals surface area (Å²) in [6.07, 6.45) is 7.69. The Morgan fingerprint density at radius 2 is 2.00 bits per heavy atom. The number of sulfonamides is 1. The molecule has 0 amide bonds. The maximum Gasteiger partial charge on any atom is 0.243 e. The van der Waals surface area contributed by atoms with E-state index in [1.54, 1.807) is 0 Å². The summed E-state index contributed by atoms with van der Waals surface area (Å²) in [4.78, 5) is 0.207. The van der Waals surface area contributed by atoms with Crippen LogP contribution in [-0.2, 0) is 10.0 Å². The molecule has 19 heavy (non-hydrogen) atoms. The van der Waals surface area contributed by atoms with Gasteiger partial charge in [-0.2, -0.15) is 5.10 Å². The van der Waals surface area contributed by atoms with Gasteiger partial charge in [0.2, 0.25) is 10.0 Å². The van der Waals surface area contributed by atoms with E-state index < -0.39 is 10.0 Å².